The van der Waals surface area contributed by atoms with Crippen LogP contribution in [0.5, 0.6) is 5.75 Å². The van der Waals surface area contributed by atoms with Gasteiger partial charge in [-0.05, 0) is 43.2 Å². The van der Waals surface area contributed by atoms with Crippen LogP contribution in [0.1, 0.15) is 55.3 Å². The van der Waals surface area contributed by atoms with Crippen LogP contribution in [0.4, 0.5) is 0 Å². The first-order chi connectivity index (χ1) is 15.5. The lowest BCUT2D eigenvalue weighted by molar-refractivity contribution is -0.129. The summed E-state index contributed by atoms with van der Waals surface area (Å²) in [6.07, 6.45) is 2.74. The first-order valence-corrected chi connectivity index (χ1v) is 11.0. The number of carbonyl (C=O) groups is 2. The predicted molar refractivity (Wildman–Crippen MR) is 122 cm³/mol. The van der Waals surface area contributed by atoms with Crippen molar-refractivity contribution in [1.29, 1.82) is 0 Å². The molecule has 1 atom stereocenters. The fraction of sp³-hybridized carbons (Fsp3) is 0.308. The van der Waals surface area contributed by atoms with E-state index in [1.807, 2.05) is 49.4 Å². The van der Waals surface area contributed by atoms with E-state index in [0.717, 1.165) is 30.2 Å². The van der Waals surface area contributed by atoms with E-state index in [4.69, 9.17) is 9.15 Å². The van der Waals surface area contributed by atoms with Crippen LogP contribution in [-0.4, -0.2) is 34.8 Å². The number of furan rings is 1. The average Bonchev–Trinajstić information content (AvgIpc) is 3.34. The molecular formula is C26H27NO5. The van der Waals surface area contributed by atoms with E-state index in [1.54, 1.807) is 17.0 Å². The van der Waals surface area contributed by atoms with Gasteiger partial charge in [0.15, 0.2) is 11.5 Å². The molecule has 1 unspecified atom stereocenters. The van der Waals surface area contributed by atoms with Crippen LogP contribution in [0.3, 0.4) is 0 Å². The monoisotopic (exact) mass is 433 g/mol. The molecule has 0 bridgehead atoms. The standard InChI is InChI=1S/C26H27NO5/c1-3-5-8-15-27-23(17-11-13-19(14-12-17)31-4-2)22(25(29)26(27)30)24(28)21-16-18-9-6-7-10-20(18)32-21/h6-7,9-14,16,23,29H,3-5,8,15H2,1-2H3. The van der Waals surface area contributed by atoms with Gasteiger partial charge in [-0.3, -0.25) is 9.59 Å². The molecule has 0 saturated heterocycles. The van der Waals surface area contributed by atoms with E-state index in [9.17, 15) is 14.7 Å². The first-order valence-electron chi connectivity index (χ1n) is 11.0. The highest BCUT2D eigenvalue weighted by molar-refractivity contribution is 6.16. The van der Waals surface area contributed by atoms with Crippen molar-refractivity contribution < 1.29 is 23.8 Å². The number of carbonyl (C=O) groups excluding carboxylic acids is 2. The number of aliphatic hydroxyl groups is 1. The minimum atomic E-state index is -0.684. The first kappa shape index (κ1) is 21.7. The number of ether oxygens (including phenoxy) is 1. The van der Waals surface area contributed by atoms with Crippen LogP contribution in [-0.2, 0) is 4.79 Å². The van der Waals surface area contributed by atoms with E-state index in [2.05, 4.69) is 6.92 Å². The number of benzene rings is 2. The van der Waals surface area contributed by atoms with Crippen molar-refractivity contribution in [3.8, 4) is 5.75 Å². The van der Waals surface area contributed by atoms with E-state index < -0.39 is 23.5 Å². The summed E-state index contributed by atoms with van der Waals surface area (Å²) in [5, 5.41) is 11.6. The molecule has 1 aliphatic rings. The summed E-state index contributed by atoms with van der Waals surface area (Å²) in [5.41, 5.74) is 1.37. The summed E-state index contributed by atoms with van der Waals surface area (Å²) in [6.45, 7) is 4.98. The van der Waals surface area contributed by atoms with Crippen LogP contribution in [0, 0.1) is 0 Å². The Morgan fingerprint density at radius 2 is 1.84 bits per heavy atom. The lowest BCUT2D eigenvalue weighted by atomic mass is 9.94. The molecule has 1 N–H and O–H groups in total. The Hall–Kier alpha value is -3.54. The second-order valence-electron chi connectivity index (χ2n) is 7.85. The highest BCUT2D eigenvalue weighted by Crippen LogP contribution is 2.40. The minimum absolute atomic E-state index is 0.0507. The predicted octanol–water partition coefficient (Wildman–Crippen LogP) is 5.60. The maximum Gasteiger partial charge on any atom is 0.290 e. The van der Waals surface area contributed by atoms with Gasteiger partial charge in [-0.25, -0.2) is 0 Å². The molecule has 1 aliphatic heterocycles. The molecule has 0 aliphatic carbocycles. The van der Waals surface area contributed by atoms with E-state index in [0.29, 0.717) is 24.5 Å². The molecule has 2 heterocycles. The van der Waals surface area contributed by atoms with Crippen LogP contribution in [0.2, 0.25) is 0 Å². The third kappa shape index (κ3) is 4.00. The molecule has 3 aromatic rings. The fourth-order valence-corrected chi connectivity index (χ4v) is 4.13. The van der Waals surface area contributed by atoms with E-state index in [1.165, 1.54) is 0 Å². The molecule has 166 valence electrons. The Labute approximate surface area is 187 Å². The normalized spacial score (nSPS) is 16.2. The molecule has 6 heteroatoms. The van der Waals surface area contributed by atoms with Gasteiger partial charge in [-0.2, -0.15) is 0 Å². The molecule has 32 heavy (non-hydrogen) atoms. The van der Waals surface area contributed by atoms with Crippen LogP contribution < -0.4 is 4.74 Å². The molecule has 0 radical (unpaired) electrons. The Morgan fingerprint density at radius 3 is 2.53 bits per heavy atom. The topological polar surface area (TPSA) is 80.0 Å². The summed E-state index contributed by atoms with van der Waals surface area (Å²) in [4.78, 5) is 28.0. The minimum Gasteiger partial charge on any atom is -0.503 e. The van der Waals surface area contributed by atoms with Crippen molar-refractivity contribution >= 4 is 22.7 Å². The number of hydrogen-bond donors (Lipinski definition) is 1. The summed E-state index contributed by atoms with van der Waals surface area (Å²) in [5.74, 6) is -0.711. The summed E-state index contributed by atoms with van der Waals surface area (Å²) in [7, 11) is 0. The second-order valence-corrected chi connectivity index (χ2v) is 7.85. The molecule has 0 saturated carbocycles. The quantitative estimate of drug-likeness (QED) is 0.351. The number of rotatable bonds is 9. The molecule has 1 amide bonds. The van der Waals surface area contributed by atoms with Gasteiger partial charge in [0, 0.05) is 11.9 Å². The average molecular weight is 434 g/mol. The molecule has 2 aromatic carbocycles. The van der Waals surface area contributed by atoms with Crippen LogP contribution in [0.25, 0.3) is 11.0 Å². The fourth-order valence-electron chi connectivity index (χ4n) is 4.13. The summed E-state index contributed by atoms with van der Waals surface area (Å²) >= 11 is 0. The largest absolute Gasteiger partial charge is 0.503 e. The zero-order chi connectivity index (χ0) is 22.7. The van der Waals surface area contributed by atoms with Crippen molar-refractivity contribution in [2.24, 2.45) is 0 Å². The maximum atomic E-state index is 13.5. The molecule has 6 nitrogen and oxygen atoms in total. The second kappa shape index (κ2) is 9.30. The van der Waals surface area contributed by atoms with Gasteiger partial charge in [0.25, 0.3) is 5.91 Å². The highest BCUT2D eigenvalue weighted by atomic mass is 16.5. The number of hydrogen-bond acceptors (Lipinski definition) is 5. The molecule has 1 aromatic heterocycles. The van der Waals surface area contributed by atoms with Gasteiger partial charge in [-0.1, -0.05) is 50.1 Å². The number of para-hydroxylation sites is 1. The van der Waals surface area contributed by atoms with Gasteiger partial charge in [0.05, 0.1) is 18.2 Å². The van der Waals surface area contributed by atoms with Crippen molar-refractivity contribution in [2.45, 2.75) is 39.2 Å². The SMILES string of the molecule is CCCCCN1C(=O)C(O)=C(C(=O)c2cc3ccccc3o2)C1c1ccc(OCC)cc1. The maximum absolute atomic E-state index is 13.5. The number of Topliss-reactive ketones (excluding diaryl/α,β-unsaturated/α-hetero) is 1. The van der Waals surface area contributed by atoms with Gasteiger partial charge < -0.3 is 19.2 Å². The lowest BCUT2D eigenvalue weighted by Crippen LogP contribution is -2.32. The molecule has 4 rings (SSSR count). The summed E-state index contributed by atoms with van der Waals surface area (Å²) in [6, 6.07) is 15.6. The molecule has 0 spiro atoms. The van der Waals surface area contributed by atoms with Gasteiger partial charge >= 0.3 is 0 Å². The number of unbranched alkanes of at least 4 members (excludes halogenated alkanes) is 2. The zero-order valence-electron chi connectivity index (χ0n) is 18.3. The van der Waals surface area contributed by atoms with E-state index >= 15 is 0 Å². The third-order valence-electron chi connectivity index (χ3n) is 5.71. The van der Waals surface area contributed by atoms with Crippen molar-refractivity contribution in [3.05, 3.63) is 77.3 Å². The summed E-state index contributed by atoms with van der Waals surface area (Å²) < 4.78 is 11.3. The van der Waals surface area contributed by atoms with E-state index in [-0.39, 0.29) is 11.3 Å². The highest BCUT2D eigenvalue weighted by Gasteiger charge is 2.44. The van der Waals surface area contributed by atoms with Crippen molar-refractivity contribution in [3.63, 3.8) is 0 Å². The van der Waals surface area contributed by atoms with Crippen LogP contribution >= 0.6 is 0 Å². The lowest BCUT2D eigenvalue weighted by Gasteiger charge is -2.26. The third-order valence-corrected chi connectivity index (χ3v) is 5.71. The molecular weight excluding hydrogens is 406 g/mol. The smallest absolute Gasteiger partial charge is 0.290 e. The van der Waals surface area contributed by atoms with Gasteiger partial charge in [0.2, 0.25) is 5.78 Å². The Morgan fingerprint density at radius 1 is 1.09 bits per heavy atom. The number of fused-ring (bicyclic) bond motifs is 1. The molecule has 0 fully saturated rings. The number of amides is 1. The Balaban J connectivity index is 1.74. The zero-order valence-corrected chi connectivity index (χ0v) is 18.3. The van der Waals surface area contributed by atoms with Crippen LogP contribution in [0.15, 0.2) is 70.3 Å². The number of aliphatic hydroxyl groups excluding tert-OH is 1. The van der Waals surface area contributed by atoms with Gasteiger partial charge in [0.1, 0.15) is 11.3 Å². The Bertz CT molecular complexity index is 1130. The van der Waals surface area contributed by atoms with Crippen molar-refractivity contribution in [1.82, 2.24) is 4.90 Å². The number of nitrogens with zero attached hydrogens (tertiary/aromatic N) is 1. The van der Waals surface area contributed by atoms with Gasteiger partial charge in [-0.15, -0.1) is 0 Å². The number of ketones is 1. The Kier molecular flexibility index (Phi) is 6.30. The van der Waals surface area contributed by atoms with Crippen molar-refractivity contribution in [2.75, 3.05) is 13.2 Å².